The highest BCUT2D eigenvalue weighted by atomic mass is 79.9. The van der Waals surface area contributed by atoms with Gasteiger partial charge in [-0.1, -0.05) is 6.07 Å². The van der Waals surface area contributed by atoms with Crippen molar-refractivity contribution in [2.75, 3.05) is 23.7 Å². The Morgan fingerprint density at radius 2 is 1.86 bits per heavy atom. The van der Waals surface area contributed by atoms with Crippen LogP contribution < -0.4 is 16.2 Å². The Morgan fingerprint density at radius 3 is 2.61 bits per heavy atom. The average molecular weight is 508 g/mol. The lowest BCUT2D eigenvalue weighted by atomic mass is 10.1. The van der Waals surface area contributed by atoms with Gasteiger partial charge in [0.2, 0.25) is 5.95 Å². The van der Waals surface area contributed by atoms with Crippen molar-refractivity contribution >= 4 is 43.6 Å². The normalized spacial score (nSPS) is 10.7. The van der Waals surface area contributed by atoms with Crippen molar-refractivity contribution in [1.82, 2.24) is 19.9 Å². The van der Waals surface area contributed by atoms with Crippen LogP contribution in [0, 0.1) is 6.92 Å². The van der Waals surface area contributed by atoms with Gasteiger partial charge in [-0.15, -0.1) is 0 Å². The summed E-state index contributed by atoms with van der Waals surface area (Å²) in [5.74, 6) is 1.26. The first-order valence-corrected chi connectivity index (χ1v) is 10.4. The lowest BCUT2D eigenvalue weighted by Gasteiger charge is -2.09. The van der Waals surface area contributed by atoms with Crippen molar-refractivity contribution in [3.63, 3.8) is 0 Å². The van der Waals surface area contributed by atoms with E-state index in [4.69, 9.17) is 0 Å². The van der Waals surface area contributed by atoms with Crippen LogP contribution in [-0.2, 0) is 6.42 Å². The Kier molecular flexibility index (Phi) is 7.16. The van der Waals surface area contributed by atoms with Gasteiger partial charge in [0.1, 0.15) is 5.82 Å². The predicted molar refractivity (Wildman–Crippen MR) is 118 cm³/mol. The first-order valence-electron chi connectivity index (χ1n) is 8.80. The summed E-state index contributed by atoms with van der Waals surface area (Å²) in [6.45, 7) is 3.34. The third-order valence-electron chi connectivity index (χ3n) is 4.02. The monoisotopic (exact) mass is 506 g/mol. The largest absolute Gasteiger partial charge is 0.369 e. The maximum absolute atomic E-state index is 12.3. The molecule has 0 aromatic carbocycles. The summed E-state index contributed by atoms with van der Waals surface area (Å²) in [7, 11) is 0. The molecule has 0 atom stereocenters. The van der Waals surface area contributed by atoms with E-state index in [0.717, 1.165) is 39.0 Å². The van der Waals surface area contributed by atoms with Crippen LogP contribution in [0.1, 0.15) is 23.2 Å². The van der Waals surface area contributed by atoms with Crippen LogP contribution in [0.2, 0.25) is 0 Å². The van der Waals surface area contributed by atoms with Gasteiger partial charge < -0.3 is 10.6 Å². The van der Waals surface area contributed by atoms with Crippen molar-refractivity contribution < 1.29 is 0 Å². The lowest BCUT2D eigenvalue weighted by Crippen LogP contribution is -2.18. The molecule has 0 saturated heterocycles. The molecular formula is C19H20Br2N6O. The minimum atomic E-state index is -0.140. The Morgan fingerprint density at radius 1 is 1.04 bits per heavy atom. The zero-order valence-corrected chi connectivity index (χ0v) is 18.5. The van der Waals surface area contributed by atoms with Gasteiger partial charge >= 0.3 is 0 Å². The Hall–Kier alpha value is -2.26. The van der Waals surface area contributed by atoms with Gasteiger partial charge in [-0.05, 0) is 62.9 Å². The molecule has 0 fully saturated rings. The quantitative estimate of drug-likeness (QED) is 0.400. The van der Waals surface area contributed by atoms with Crippen molar-refractivity contribution in [3.8, 4) is 0 Å². The number of hydrogen-bond donors (Lipinski definition) is 3. The Balaban J connectivity index is 1.47. The molecule has 3 aromatic heterocycles. The SMILES string of the molecule is Cc1ccc(Cc2cnc(NCCCNc3nccc(Br)c3Br)[nH]c2=O)cn1. The molecule has 0 radical (unpaired) electrons. The lowest BCUT2D eigenvalue weighted by molar-refractivity contribution is 0.883. The molecule has 0 aliphatic carbocycles. The third kappa shape index (κ3) is 5.62. The molecule has 3 N–H and O–H groups in total. The van der Waals surface area contributed by atoms with Crippen molar-refractivity contribution in [3.05, 3.63) is 72.9 Å². The molecule has 9 heteroatoms. The van der Waals surface area contributed by atoms with Crippen molar-refractivity contribution in [2.24, 2.45) is 0 Å². The van der Waals surface area contributed by atoms with Gasteiger partial charge in [0.25, 0.3) is 5.56 Å². The summed E-state index contributed by atoms with van der Waals surface area (Å²) in [5, 5.41) is 6.40. The van der Waals surface area contributed by atoms with Crippen LogP contribution in [0.25, 0.3) is 0 Å². The van der Waals surface area contributed by atoms with E-state index in [9.17, 15) is 4.79 Å². The standard InChI is InChI=1S/C19H20Br2N6O/c1-12-3-4-13(10-25-12)9-14-11-26-19(27-18(14)28)24-7-2-6-22-17-16(21)15(20)5-8-23-17/h3-5,8,10-11H,2,6-7,9H2,1H3,(H,22,23)(H2,24,26,27,28). The minimum Gasteiger partial charge on any atom is -0.369 e. The van der Waals surface area contributed by atoms with E-state index >= 15 is 0 Å². The topological polar surface area (TPSA) is 95.6 Å². The molecule has 28 heavy (non-hydrogen) atoms. The van der Waals surface area contributed by atoms with Crippen LogP contribution in [0.4, 0.5) is 11.8 Å². The third-order valence-corrected chi connectivity index (χ3v) is 6.02. The summed E-state index contributed by atoms with van der Waals surface area (Å²) in [6, 6.07) is 5.78. The molecule has 0 aliphatic rings. The Bertz CT molecular complexity index is 990. The molecule has 7 nitrogen and oxygen atoms in total. The summed E-state index contributed by atoms with van der Waals surface area (Å²) in [4.78, 5) is 27.9. The van der Waals surface area contributed by atoms with E-state index in [1.165, 1.54) is 0 Å². The number of aromatic amines is 1. The first kappa shape index (κ1) is 20.5. The molecule has 0 unspecified atom stereocenters. The van der Waals surface area contributed by atoms with E-state index in [2.05, 4.69) is 62.4 Å². The summed E-state index contributed by atoms with van der Waals surface area (Å²) < 4.78 is 1.85. The number of hydrogen-bond acceptors (Lipinski definition) is 6. The number of anilines is 2. The first-order chi connectivity index (χ1) is 13.5. The maximum atomic E-state index is 12.3. The van der Waals surface area contributed by atoms with Crippen molar-refractivity contribution in [1.29, 1.82) is 0 Å². The maximum Gasteiger partial charge on any atom is 0.255 e. The fraction of sp³-hybridized carbons (Fsp3) is 0.263. The fourth-order valence-corrected chi connectivity index (χ4v) is 3.19. The van der Waals surface area contributed by atoms with Gasteiger partial charge in [0.15, 0.2) is 0 Å². The molecule has 3 heterocycles. The summed E-state index contributed by atoms with van der Waals surface area (Å²) in [5.41, 5.74) is 2.41. The van der Waals surface area contributed by atoms with E-state index in [-0.39, 0.29) is 5.56 Å². The number of nitrogens with zero attached hydrogens (tertiary/aromatic N) is 3. The number of aryl methyl sites for hydroxylation is 1. The summed E-state index contributed by atoms with van der Waals surface area (Å²) in [6.07, 6.45) is 6.47. The molecule has 0 saturated carbocycles. The molecule has 146 valence electrons. The molecule has 0 amide bonds. The van der Waals surface area contributed by atoms with Gasteiger partial charge in [-0.25, -0.2) is 9.97 Å². The van der Waals surface area contributed by atoms with Crippen LogP contribution in [0.3, 0.4) is 0 Å². The van der Waals surface area contributed by atoms with Gasteiger partial charge in [-0.2, -0.15) is 0 Å². The number of aromatic nitrogens is 4. The van der Waals surface area contributed by atoms with Crippen LogP contribution in [0.5, 0.6) is 0 Å². The van der Waals surface area contributed by atoms with Crippen molar-refractivity contribution in [2.45, 2.75) is 19.8 Å². The highest BCUT2D eigenvalue weighted by Crippen LogP contribution is 2.28. The molecule has 0 aliphatic heterocycles. The van der Waals surface area contributed by atoms with Crippen LogP contribution in [0.15, 0.2) is 50.5 Å². The number of nitrogens with one attached hydrogen (secondary N) is 3. The molecule has 0 spiro atoms. The summed E-state index contributed by atoms with van der Waals surface area (Å²) >= 11 is 6.94. The van der Waals surface area contributed by atoms with Crippen LogP contribution in [-0.4, -0.2) is 33.0 Å². The average Bonchev–Trinajstić information content (AvgIpc) is 2.68. The number of rotatable bonds is 8. The predicted octanol–water partition coefficient (Wildman–Crippen LogP) is 3.90. The Labute approximate surface area is 179 Å². The second-order valence-corrected chi connectivity index (χ2v) is 7.88. The van der Waals surface area contributed by atoms with Crippen LogP contribution >= 0.6 is 31.9 Å². The van der Waals surface area contributed by atoms with E-state index in [1.807, 2.05) is 25.1 Å². The number of pyridine rings is 2. The molecule has 0 bridgehead atoms. The number of halogens is 2. The highest BCUT2D eigenvalue weighted by Gasteiger charge is 2.06. The van der Waals surface area contributed by atoms with E-state index < -0.39 is 0 Å². The fourth-order valence-electron chi connectivity index (χ4n) is 2.51. The van der Waals surface area contributed by atoms with Gasteiger partial charge in [0, 0.05) is 53.8 Å². The second kappa shape index (κ2) is 9.79. The highest BCUT2D eigenvalue weighted by molar-refractivity contribution is 9.13. The van der Waals surface area contributed by atoms with E-state index in [0.29, 0.717) is 24.5 Å². The zero-order chi connectivity index (χ0) is 19.9. The minimum absolute atomic E-state index is 0.140. The zero-order valence-electron chi connectivity index (χ0n) is 15.3. The number of H-pyrrole nitrogens is 1. The smallest absolute Gasteiger partial charge is 0.255 e. The van der Waals surface area contributed by atoms with E-state index in [1.54, 1.807) is 18.6 Å². The van der Waals surface area contributed by atoms with Gasteiger partial charge in [0.05, 0.1) is 4.47 Å². The second-order valence-electron chi connectivity index (χ2n) is 6.23. The molecule has 3 rings (SSSR count). The van der Waals surface area contributed by atoms with Gasteiger partial charge in [-0.3, -0.25) is 14.8 Å². The molecular weight excluding hydrogens is 488 g/mol. The molecule has 3 aromatic rings.